The van der Waals surface area contributed by atoms with Crippen molar-refractivity contribution >= 4 is 11.6 Å². The Morgan fingerprint density at radius 3 is 3.00 bits per heavy atom. The highest BCUT2D eigenvalue weighted by Crippen LogP contribution is 2.13. The number of H-pyrrole nitrogens is 1. The van der Waals surface area contributed by atoms with Crippen LogP contribution in [0, 0.1) is 0 Å². The smallest absolute Gasteiger partial charge is 0.252 e. The minimum absolute atomic E-state index is 0.0613. The lowest BCUT2D eigenvalue weighted by atomic mass is 10.1. The lowest BCUT2D eigenvalue weighted by molar-refractivity contribution is 0.427. The molecule has 0 aliphatic carbocycles. The summed E-state index contributed by atoms with van der Waals surface area (Å²) in [6.07, 6.45) is 1.50. The van der Waals surface area contributed by atoms with E-state index in [9.17, 15) is 4.79 Å². The Morgan fingerprint density at radius 2 is 2.29 bits per heavy atom. The van der Waals surface area contributed by atoms with E-state index in [0.29, 0.717) is 10.6 Å². The van der Waals surface area contributed by atoms with Crippen LogP contribution >= 0.6 is 11.6 Å². The lowest BCUT2D eigenvalue weighted by Gasteiger charge is -2.24. The first-order valence-corrected chi connectivity index (χ1v) is 4.97. The van der Waals surface area contributed by atoms with Crippen molar-refractivity contribution in [2.45, 2.75) is 6.04 Å². The molecule has 3 N–H and O–H groups in total. The fourth-order valence-corrected chi connectivity index (χ4v) is 1.78. The summed E-state index contributed by atoms with van der Waals surface area (Å²) in [7, 11) is 0. The summed E-state index contributed by atoms with van der Waals surface area (Å²) in [4.78, 5) is 14.1. The van der Waals surface area contributed by atoms with Gasteiger partial charge in [-0.3, -0.25) is 4.79 Å². The van der Waals surface area contributed by atoms with Gasteiger partial charge in [-0.1, -0.05) is 11.6 Å². The highest BCUT2D eigenvalue weighted by molar-refractivity contribution is 6.30. The van der Waals surface area contributed by atoms with E-state index >= 15 is 0 Å². The summed E-state index contributed by atoms with van der Waals surface area (Å²) in [6, 6.07) is 1.77. The molecule has 2 heterocycles. The van der Waals surface area contributed by atoms with Crippen LogP contribution in [0.5, 0.6) is 0 Å². The van der Waals surface area contributed by atoms with Gasteiger partial charge >= 0.3 is 0 Å². The normalized spacial score (nSPS) is 22.2. The van der Waals surface area contributed by atoms with Crippen molar-refractivity contribution in [1.82, 2.24) is 15.6 Å². The molecule has 2 rings (SSSR count). The first-order valence-electron chi connectivity index (χ1n) is 4.59. The summed E-state index contributed by atoms with van der Waals surface area (Å²) >= 11 is 5.82. The Hall–Kier alpha value is -0.840. The topological polar surface area (TPSA) is 56.9 Å². The van der Waals surface area contributed by atoms with Crippen molar-refractivity contribution in [3.63, 3.8) is 0 Å². The maximum absolute atomic E-state index is 11.5. The van der Waals surface area contributed by atoms with Gasteiger partial charge in [0.1, 0.15) is 0 Å². The minimum atomic E-state index is -0.0735. The van der Waals surface area contributed by atoms with Crippen molar-refractivity contribution in [1.29, 1.82) is 0 Å². The molecule has 76 valence electrons. The average molecular weight is 214 g/mol. The molecule has 0 aromatic carbocycles. The predicted octanol–water partition coefficient (Wildman–Crippen LogP) is 0.262. The van der Waals surface area contributed by atoms with Gasteiger partial charge in [-0.2, -0.15) is 0 Å². The predicted molar refractivity (Wildman–Crippen MR) is 55.7 cm³/mol. The van der Waals surface area contributed by atoms with Crippen LogP contribution in [-0.4, -0.2) is 24.6 Å². The molecule has 1 saturated heterocycles. The molecule has 1 aromatic rings. The molecule has 1 atom stereocenters. The zero-order chi connectivity index (χ0) is 9.97. The Balaban J connectivity index is 2.29. The number of piperazine rings is 1. The molecule has 0 bridgehead atoms. The number of aromatic nitrogens is 1. The van der Waals surface area contributed by atoms with E-state index in [1.165, 1.54) is 6.20 Å². The second-order valence-corrected chi connectivity index (χ2v) is 3.75. The molecule has 0 amide bonds. The SMILES string of the molecule is O=c1[nH]cc(Cl)cc1[C@@H]1CNCCN1. The van der Waals surface area contributed by atoms with Crippen molar-refractivity contribution in [2.24, 2.45) is 0 Å². The van der Waals surface area contributed by atoms with E-state index < -0.39 is 0 Å². The molecule has 0 unspecified atom stereocenters. The van der Waals surface area contributed by atoms with Crippen molar-refractivity contribution in [3.8, 4) is 0 Å². The number of hydrogen-bond donors (Lipinski definition) is 3. The highest BCUT2D eigenvalue weighted by Gasteiger charge is 2.17. The standard InChI is InChI=1S/C9H12ClN3O/c10-6-3-7(9(14)13-4-6)8-5-11-1-2-12-8/h3-4,8,11-12H,1-2,5H2,(H,13,14)/t8-/m0/s1. The Morgan fingerprint density at radius 1 is 1.43 bits per heavy atom. The Kier molecular flexibility index (Phi) is 2.86. The molecular weight excluding hydrogens is 202 g/mol. The first kappa shape index (κ1) is 9.71. The van der Waals surface area contributed by atoms with Gasteiger partial charge in [0.05, 0.1) is 11.1 Å². The quantitative estimate of drug-likeness (QED) is 0.628. The van der Waals surface area contributed by atoms with Crippen LogP contribution in [0.3, 0.4) is 0 Å². The summed E-state index contributed by atoms with van der Waals surface area (Å²) in [6.45, 7) is 2.58. The molecule has 0 saturated carbocycles. The molecule has 1 aliphatic rings. The molecule has 14 heavy (non-hydrogen) atoms. The third-order valence-corrected chi connectivity index (χ3v) is 2.53. The third-order valence-electron chi connectivity index (χ3n) is 2.31. The number of aromatic amines is 1. The van der Waals surface area contributed by atoms with Gasteiger partial charge in [-0.25, -0.2) is 0 Å². The summed E-state index contributed by atoms with van der Waals surface area (Å²) in [5.41, 5.74) is 0.625. The van der Waals surface area contributed by atoms with Crippen LogP contribution in [0.1, 0.15) is 11.6 Å². The monoisotopic (exact) mass is 213 g/mol. The van der Waals surface area contributed by atoms with E-state index in [4.69, 9.17) is 11.6 Å². The van der Waals surface area contributed by atoms with E-state index in [2.05, 4.69) is 15.6 Å². The maximum Gasteiger partial charge on any atom is 0.252 e. The van der Waals surface area contributed by atoms with Crippen LogP contribution < -0.4 is 16.2 Å². The van der Waals surface area contributed by atoms with E-state index in [1.54, 1.807) is 6.07 Å². The number of hydrogen-bond acceptors (Lipinski definition) is 3. The zero-order valence-electron chi connectivity index (χ0n) is 7.64. The van der Waals surface area contributed by atoms with Crippen molar-refractivity contribution < 1.29 is 0 Å². The van der Waals surface area contributed by atoms with Crippen LogP contribution in [0.2, 0.25) is 5.02 Å². The number of halogens is 1. The van der Waals surface area contributed by atoms with E-state index in [1.807, 2.05) is 0 Å². The largest absolute Gasteiger partial charge is 0.327 e. The Labute approximate surface area is 86.7 Å². The van der Waals surface area contributed by atoms with Gasteiger partial charge in [0, 0.05) is 31.4 Å². The van der Waals surface area contributed by atoms with Gasteiger partial charge < -0.3 is 15.6 Å². The lowest BCUT2D eigenvalue weighted by Crippen LogP contribution is -2.44. The molecular formula is C9H12ClN3O. The van der Waals surface area contributed by atoms with Gasteiger partial charge in [0.25, 0.3) is 5.56 Å². The molecule has 0 spiro atoms. The molecule has 1 aliphatic heterocycles. The minimum Gasteiger partial charge on any atom is -0.327 e. The zero-order valence-corrected chi connectivity index (χ0v) is 8.40. The van der Waals surface area contributed by atoms with Crippen LogP contribution in [0.25, 0.3) is 0 Å². The van der Waals surface area contributed by atoms with E-state index in [-0.39, 0.29) is 11.6 Å². The fraction of sp³-hybridized carbons (Fsp3) is 0.444. The first-order chi connectivity index (χ1) is 6.77. The van der Waals surface area contributed by atoms with Crippen molar-refractivity contribution in [2.75, 3.05) is 19.6 Å². The molecule has 1 aromatic heterocycles. The fourth-order valence-electron chi connectivity index (χ4n) is 1.61. The maximum atomic E-state index is 11.5. The average Bonchev–Trinajstić information content (AvgIpc) is 2.23. The summed E-state index contributed by atoms with van der Waals surface area (Å²) in [5, 5.41) is 7.05. The Bertz CT molecular complexity index is 371. The molecule has 5 heteroatoms. The number of nitrogens with one attached hydrogen (secondary N) is 3. The van der Waals surface area contributed by atoms with Crippen LogP contribution in [0.15, 0.2) is 17.1 Å². The molecule has 0 radical (unpaired) electrons. The molecule has 4 nitrogen and oxygen atoms in total. The van der Waals surface area contributed by atoms with Crippen LogP contribution in [-0.2, 0) is 0 Å². The highest BCUT2D eigenvalue weighted by atomic mass is 35.5. The number of pyridine rings is 1. The van der Waals surface area contributed by atoms with Crippen LogP contribution in [0.4, 0.5) is 0 Å². The van der Waals surface area contributed by atoms with Gasteiger partial charge in [0.15, 0.2) is 0 Å². The second kappa shape index (κ2) is 4.13. The van der Waals surface area contributed by atoms with Gasteiger partial charge in [0.2, 0.25) is 0 Å². The van der Waals surface area contributed by atoms with Gasteiger partial charge in [-0.05, 0) is 6.07 Å². The van der Waals surface area contributed by atoms with Gasteiger partial charge in [-0.15, -0.1) is 0 Å². The van der Waals surface area contributed by atoms with Crippen molar-refractivity contribution in [3.05, 3.63) is 33.2 Å². The third kappa shape index (κ3) is 1.97. The summed E-state index contributed by atoms with van der Waals surface area (Å²) < 4.78 is 0. The number of rotatable bonds is 1. The van der Waals surface area contributed by atoms with E-state index in [0.717, 1.165) is 19.6 Å². The molecule has 1 fully saturated rings. The summed E-state index contributed by atoms with van der Waals surface area (Å²) in [5.74, 6) is 0. The second-order valence-electron chi connectivity index (χ2n) is 3.31.